The van der Waals surface area contributed by atoms with Crippen molar-refractivity contribution in [1.29, 1.82) is 0 Å². The van der Waals surface area contributed by atoms with Gasteiger partial charge < -0.3 is 4.74 Å². The summed E-state index contributed by atoms with van der Waals surface area (Å²) < 4.78 is 31.7. The number of sulfonamides is 1. The average molecular weight is 392 g/mol. The predicted octanol–water partition coefficient (Wildman–Crippen LogP) is 2.34. The maximum Gasteiger partial charge on any atom is 0.306 e. The third-order valence-electron chi connectivity index (χ3n) is 4.74. The second-order valence-corrected chi connectivity index (χ2v) is 8.48. The molecule has 1 unspecified atom stereocenters. The zero-order chi connectivity index (χ0) is 19.3. The van der Waals surface area contributed by atoms with E-state index in [1.807, 2.05) is 0 Å². The molecule has 0 amide bonds. The molecule has 7 nitrogen and oxygen atoms in total. The van der Waals surface area contributed by atoms with Crippen molar-refractivity contribution >= 4 is 27.6 Å². The number of carbonyl (C=O) groups is 2. The number of hydrogen-bond acceptors (Lipinski definition) is 6. The summed E-state index contributed by atoms with van der Waals surface area (Å²) in [5, 5.41) is 0. The number of nitrogens with one attached hydrogen (secondary N) is 1. The number of fused-ring (bicyclic) bond motifs is 1. The average Bonchev–Trinajstić information content (AvgIpc) is 2.91. The number of unbranched alkanes of at least 4 members (excludes halogenated alkanes) is 2. The molecule has 3 rings (SSSR count). The molecule has 1 aliphatic carbocycles. The number of aliphatic imine (C=N–C) groups is 1. The minimum atomic E-state index is -3.50. The molecule has 0 bridgehead atoms. The molecule has 1 aromatic rings. The fourth-order valence-electron chi connectivity index (χ4n) is 3.29. The molecule has 1 saturated carbocycles. The Morgan fingerprint density at radius 1 is 1.19 bits per heavy atom. The van der Waals surface area contributed by atoms with Crippen molar-refractivity contribution in [3.05, 3.63) is 29.8 Å². The van der Waals surface area contributed by atoms with Gasteiger partial charge >= 0.3 is 5.97 Å². The number of Topliss-reactive ketones (excluding diaryl/α,β-unsaturated/α-hetero) is 1. The summed E-state index contributed by atoms with van der Waals surface area (Å²) in [7, 11) is -3.50. The number of benzene rings is 1. The van der Waals surface area contributed by atoms with Gasteiger partial charge in [0.15, 0.2) is 11.9 Å². The van der Waals surface area contributed by atoms with Crippen LogP contribution in [0.25, 0.3) is 0 Å². The number of esters is 1. The Balaban J connectivity index is 1.38. The molecule has 146 valence electrons. The largest absolute Gasteiger partial charge is 0.454 e. The van der Waals surface area contributed by atoms with Gasteiger partial charge in [0.25, 0.3) is 10.0 Å². The number of nitrogens with zero attached hydrogens (tertiary/aromatic N) is 1. The van der Waals surface area contributed by atoms with Gasteiger partial charge in [0.1, 0.15) is 5.84 Å². The third kappa shape index (κ3) is 4.94. The molecule has 0 aromatic heterocycles. The van der Waals surface area contributed by atoms with Crippen LogP contribution in [0.2, 0.25) is 0 Å². The van der Waals surface area contributed by atoms with E-state index in [1.165, 1.54) is 0 Å². The van der Waals surface area contributed by atoms with Crippen molar-refractivity contribution in [2.24, 2.45) is 4.99 Å². The number of carbonyl (C=O) groups excluding carboxylic acids is 2. The Bertz CT molecular complexity index is 847. The summed E-state index contributed by atoms with van der Waals surface area (Å²) in [6.45, 7) is 0.475. The van der Waals surface area contributed by atoms with Crippen molar-refractivity contribution in [3.63, 3.8) is 0 Å². The van der Waals surface area contributed by atoms with Crippen molar-refractivity contribution in [3.8, 4) is 0 Å². The van der Waals surface area contributed by atoms with Crippen molar-refractivity contribution in [2.75, 3.05) is 6.54 Å². The maximum atomic E-state index is 12.0. The number of rotatable bonds is 7. The van der Waals surface area contributed by atoms with E-state index in [2.05, 4.69) is 9.71 Å². The first-order valence-corrected chi connectivity index (χ1v) is 10.8. The Labute approximate surface area is 159 Å². The molecule has 1 fully saturated rings. The first kappa shape index (κ1) is 19.5. The molecule has 2 aliphatic rings. The predicted molar refractivity (Wildman–Crippen MR) is 100.0 cm³/mol. The van der Waals surface area contributed by atoms with E-state index in [-0.39, 0.29) is 23.1 Å². The van der Waals surface area contributed by atoms with Gasteiger partial charge in [-0.3, -0.25) is 19.3 Å². The van der Waals surface area contributed by atoms with Crippen molar-refractivity contribution < 1.29 is 22.7 Å². The second-order valence-electron chi connectivity index (χ2n) is 6.83. The minimum absolute atomic E-state index is 0.0321. The highest BCUT2D eigenvalue weighted by atomic mass is 32.2. The van der Waals surface area contributed by atoms with Crippen molar-refractivity contribution in [1.82, 2.24) is 4.72 Å². The molecular formula is C19H24N2O5S. The van der Waals surface area contributed by atoms with Gasteiger partial charge in [-0.15, -0.1) is 0 Å². The Hall–Kier alpha value is -2.22. The standard InChI is InChI=1S/C19H24N2O5S/c22-15-9-4-5-10-16(15)26-18(23)12-2-1-7-13-20-19-14-8-3-6-11-17(14)27(24,25)21-19/h3,6,8,11,16H,1-2,4-5,7,9-10,12-13H2,(H,20,21). The van der Waals surface area contributed by atoms with Gasteiger partial charge in [0.05, 0.1) is 4.90 Å². The highest BCUT2D eigenvalue weighted by molar-refractivity contribution is 7.90. The zero-order valence-corrected chi connectivity index (χ0v) is 16.0. The van der Waals surface area contributed by atoms with Crippen LogP contribution in [-0.4, -0.2) is 38.7 Å². The lowest BCUT2D eigenvalue weighted by Gasteiger charge is -2.20. The smallest absolute Gasteiger partial charge is 0.306 e. The SMILES string of the molecule is O=C(CCCCCN=C1NS(=O)(=O)c2ccccc21)OC1CCCCC1=O. The van der Waals surface area contributed by atoms with E-state index >= 15 is 0 Å². The molecule has 8 heteroatoms. The maximum absolute atomic E-state index is 12.0. The van der Waals surface area contributed by atoms with E-state index in [9.17, 15) is 18.0 Å². The van der Waals surface area contributed by atoms with Crippen LogP contribution in [0.4, 0.5) is 0 Å². The summed E-state index contributed by atoms with van der Waals surface area (Å²) in [4.78, 5) is 28.1. The van der Waals surface area contributed by atoms with Gasteiger partial charge in [-0.1, -0.05) is 18.6 Å². The molecule has 1 aliphatic heterocycles. The van der Waals surface area contributed by atoms with Gasteiger partial charge in [-0.2, -0.15) is 0 Å². The van der Waals surface area contributed by atoms with E-state index in [4.69, 9.17) is 4.74 Å². The molecule has 1 aromatic carbocycles. The Kier molecular flexibility index (Phi) is 6.26. The number of hydrogen-bond donors (Lipinski definition) is 1. The molecular weight excluding hydrogens is 368 g/mol. The zero-order valence-electron chi connectivity index (χ0n) is 15.1. The van der Waals surface area contributed by atoms with Crippen LogP contribution in [0.1, 0.15) is 56.9 Å². The molecule has 1 atom stereocenters. The molecule has 0 radical (unpaired) electrons. The summed E-state index contributed by atoms with van der Waals surface area (Å²) in [6.07, 6.45) is 4.87. The lowest BCUT2D eigenvalue weighted by molar-refractivity contribution is -0.156. The van der Waals surface area contributed by atoms with Crippen LogP contribution in [-0.2, 0) is 24.3 Å². The summed E-state index contributed by atoms with van der Waals surface area (Å²) in [5.74, 6) is 0.0876. The van der Waals surface area contributed by atoms with Gasteiger partial charge in [-0.05, 0) is 44.2 Å². The van der Waals surface area contributed by atoms with E-state index < -0.39 is 16.1 Å². The highest BCUT2D eigenvalue weighted by Gasteiger charge is 2.30. The lowest BCUT2D eigenvalue weighted by Crippen LogP contribution is -2.30. The fourth-order valence-corrected chi connectivity index (χ4v) is 4.54. The molecule has 1 N–H and O–H groups in total. The first-order valence-electron chi connectivity index (χ1n) is 9.36. The summed E-state index contributed by atoms with van der Waals surface area (Å²) >= 11 is 0. The molecule has 0 saturated heterocycles. The highest BCUT2D eigenvalue weighted by Crippen LogP contribution is 2.22. The molecule has 27 heavy (non-hydrogen) atoms. The summed E-state index contributed by atoms with van der Waals surface area (Å²) in [6, 6.07) is 6.75. The minimum Gasteiger partial charge on any atom is -0.454 e. The van der Waals surface area contributed by atoms with Gasteiger partial charge in [0, 0.05) is 24.9 Å². The Morgan fingerprint density at radius 3 is 2.81 bits per heavy atom. The molecule has 1 heterocycles. The topological polar surface area (TPSA) is 102 Å². The van der Waals surface area contributed by atoms with E-state index in [0.717, 1.165) is 25.7 Å². The third-order valence-corrected chi connectivity index (χ3v) is 6.14. The summed E-state index contributed by atoms with van der Waals surface area (Å²) in [5.41, 5.74) is 0.596. The van der Waals surface area contributed by atoms with Crippen LogP contribution in [0, 0.1) is 0 Å². The van der Waals surface area contributed by atoms with Gasteiger partial charge in [0.2, 0.25) is 0 Å². The quantitative estimate of drug-likeness (QED) is 0.567. The number of amidine groups is 1. The van der Waals surface area contributed by atoms with Crippen LogP contribution >= 0.6 is 0 Å². The van der Waals surface area contributed by atoms with Crippen LogP contribution < -0.4 is 4.72 Å². The number of ketones is 1. The van der Waals surface area contributed by atoms with Crippen molar-refractivity contribution in [2.45, 2.75) is 62.4 Å². The first-order chi connectivity index (χ1) is 13.0. The fraction of sp³-hybridized carbons (Fsp3) is 0.526. The number of ether oxygens (including phenoxy) is 1. The second kappa shape index (κ2) is 8.65. The van der Waals surface area contributed by atoms with Crippen LogP contribution in [0.5, 0.6) is 0 Å². The van der Waals surface area contributed by atoms with Crippen LogP contribution in [0.15, 0.2) is 34.2 Å². The van der Waals surface area contributed by atoms with Crippen LogP contribution in [0.3, 0.4) is 0 Å². The van der Waals surface area contributed by atoms with E-state index in [0.29, 0.717) is 37.2 Å². The van der Waals surface area contributed by atoms with E-state index in [1.54, 1.807) is 24.3 Å². The molecule has 0 spiro atoms. The monoisotopic (exact) mass is 392 g/mol. The Morgan fingerprint density at radius 2 is 2.00 bits per heavy atom. The van der Waals surface area contributed by atoms with Gasteiger partial charge in [-0.25, -0.2) is 8.42 Å². The lowest BCUT2D eigenvalue weighted by atomic mass is 9.96. The normalized spacial score (nSPS) is 22.3.